The Labute approximate surface area is 204 Å². The molecule has 1 aliphatic rings. The molecule has 180 valence electrons. The first kappa shape index (κ1) is 24.0. The molecule has 7 heteroatoms. The summed E-state index contributed by atoms with van der Waals surface area (Å²) >= 11 is 0. The van der Waals surface area contributed by atoms with Crippen LogP contribution >= 0.6 is 0 Å². The minimum atomic E-state index is -1.00. The second kappa shape index (κ2) is 10.9. The number of carboxylic acids is 1. The number of carboxylic acid groups (broad SMARTS) is 1. The predicted molar refractivity (Wildman–Crippen MR) is 132 cm³/mol. The molecule has 35 heavy (non-hydrogen) atoms. The van der Waals surface area contributed by atoms with E-state index in [2.05, 4.69) is 22.8 Å². The van der Waals surface area contributed by atoms with Gasteiger partial charge in [0.15, 0.2) is 0 Å². The number of amides is 2. The third-order valence-corrected chi connectivity index (χ3v) is 6.30. The maximum atomic E-state index is 12.6. The predicted octanol–water partition coefficient (Wildman–Crippen LogP) is 4.36. The summed E-state index contributed by atoms with van der Waals surface area (Å²) in [5.41, 5.74) is 5.38. The van der Waals surface area contributed by atoms with Gasteiger partial charge in [-0.2, -0.15) is 0 Å². The van der Waals surface area contributed by atoms with E-state index in [1.54, 1.807) is 25.1 Å². The summed E-state index contributed by atoms with van der Waals surface area (Å²) in [6, 6.07) is 22.1. The third kappa shape index (κ3) is 5.35. The quantitative estimate of drug-likeness (QED) is 0.429. The average Bonchev–Trinajstić information content (AvgIpc) is 3.19. The van der Waals surface area contributed by atoms with Crippen LogP contribution in [0.1, 0.15) is 46.3 Å². The number of hydrogen-bond acceptors (Lipinski definition) is 4. The number of rotatable bonds is 9. The van der Waals surface area contributed by atoms with Crippen molar-refractivity contribution in [3.8, 4) is 11.1 Å². The van der Waals surface area contributed by atoms with E-state index >= 15 is 0 Å². The Balaban J connectivity index is 1.31. The van der Waals surface area contributed by atoms with Crippen molar-refractivity contribution in [1.82, 2.24) is 10.6 Å². The van der Waals surface area contributed by atoms with Crippen molar-refractivity contribution in [2.24, 2.45) is 0 Å². The summed E-state index contributed by atoms with van der Waals surface area (Å²) in [7, 11) is 0. The second-order valence-electron chi connectivity index (χ2n) is 8.43. The highest BCUT2D eigenvalue weighted by Crippen LogP contribution is 2.44. The van der Waals surface area contributed by atoms with Crippen molar-refractivity contribution in [2.75, 3.05) is 13.2 Å². The lowest BCUT2D eigenvalue weighted by Gasteiger charge is -2.19. The number of alkyl carbamates (subject to hydrolysis) is 1. The smallest absolute Gasteiger partial charge is 0.407 e. The van der Waals surface area contributed by atoms with E-state index in [0.717, 1.165) is 22.3 Å². The Kier molecular flexibility index (Phi) is 7.45. The molecular weight excluding hydrogens is 444 g/mol. The monoisotopic (exact) mass is 472 g/mol. The number of fused-ring (bicyclic) bond motifs is 3. The van der Waals surface area contributed by atoms with E-state index in [4.69, 9.17) is 4.74 Å². The lowest BCUT2D eigenvalue weighted by Crippen LogP contribution is -2.47. The van der Waals surface area contributed by atoms with Crippen molar-refractivity contribution in [2.45, 2.75) is 31.7 Å². The van der Waals surface area contributed by atoms with Crippen LogP contribution in [0, 0.1) is 0 Å². The van der Waals surface area contributed by atoms with E-state index in [9.17, 15) is 19.5 Å². The molecule has 0 heterocycles. The van der Waals surface area contributed by atoms with Crippen LogP contribution in [0.25, 0.3) is 11.1 Å². The number of nitrogens with one attached hydrogen (secondary N) is 2. The van der Waals surface area contributed by atoms with E-state index < -0.39 is 18.1 Å². The highest BCUT2D eigenvalue weighted by molar-refractivity contribution is 5.89. The molecule has 4 rings (SSSR count). The maximum absolute atomic E-state index is 12.6. The zero-order valence-corrected chi connectivity index (χ0v) is 19.5. The first-order chi connectivity index (χ1) is 17.0. The summed E-state index contributed by atoms with van der Waals surface area (Å²) in [6.45, 7) is 2.23. The molecule has 1 atom stereocenters. The number of aromatic carboxylic acids is 1. The van der Waals surface area contributed by atoms with E-state index in [0.29, 0.717) is 18.4 Å². The fourth-order valence-corrected chi connectivity index (χ4v) is 4.53. The summed E-state index contributed by atoms with van der Waals surface area (Å²) in [5, 5.41) is 14.7. The zero-order valence-electron chi connectivity index (χ0n) is 19.5. The Morgan fingerprint density at radius 2 is 1.51 bits per heavy atom. The van der Waals surface area contributed by atoms with Gasteiger partial charge in [-0.05, 0) is 46.7 Å². The SMILES string of the molecule is CC[C@@H](NC(=O)OCC1c2ccccc2-c2ccccc21)C(=O)NCCc1ccccc1C(=O)O. The van der Waals surface area contributed by atoms with Gasteiger partial charge in [0.25, 0.3) is 0 Å². The molecule has 0 saturated carbocycles. The first-order valence-electron chi connectivity index (χ1n) is 11.7. The Morgan fingerprint density at radius 3 is 2.14 bits per heavy atom. The third-order valence-electron chi connectivity index (χ3n) is 6.30. The van der Waals surface area contributed by atoms with Crippen LogP contribution in [0.2, 0.25) is 0 Å². The fourth-order valence-electron chi connectivity index (χ4n) is 4.53. The molecule has 0 unspecified atom stereocenters. The van der Waals surface area contributed by atoms with Crippen molar-refractivity contribution in [1.29, 1.82) is 0 Å². The molecule has 2 amide bonds. The highest BCUT2D eigenvalue weighted by Gasteiger charge is 2.29. The molecule has 7 nitrogen and oxygen atoms in total. The van der Waals surface area contributed by atoms with Crippen LogP contribution in [0.15, 0.2) is 72.8 Å². The molecule has 0 spiro atoms. The minimum Gasteiger partial charge on any atom is -0.478 e. The Hall–Kier alpha value is -4.13. The van der Waals surface area contributed by atoms with E-state index in [1.807, 2.05) is 36.4 Å². The normalized spacial score (nSPS) is 12.8. The molecule has 0 fully saturated rings. The van der Waals surface area contributed by atoms with Crippen molar-refractivity contribution >= 4 is 18.0 Å². The van der Waals surface area contributed by atoms with Gasteiger partial charge in [-0.3, -0.25) is 4.79 Å². The number of hydrogen-bond donors (Lipinski definition) is 3. The van der Waals surface area contributed by atoms with Crippen LogP contribution < -0.4 is 10.6 Å². The Morgan fingerprint density at radius 1 is 0.914 bits per heavy atom. The van der Waals surface area contributed by atoms with Gasteiger partial charge in [-0.25, -0.2) is 9.59 Å². The van der Waals surface area contributed by atoms with Gasteiger partial charge in [-0.15, -0.1) is 0 Å². The molecule has 0 saturated heterocycles. The molecule has 0 bridgehead atoms. The van der Waals surface area contributed by atoms with Gasteiger partial charge < -0.3 is 20.5 Å². The van der Waals surface area contributed by atoms with Crippen molar-refractivity contribution in [3.63, 3.8) is 0 Å². The second-order valence-corrected chi connectivity index (χ2v) is 8.43. The summed E-state index contributed by atoms with van der Waals surface area (Å²) in [5.74, 6) is -1.40. The fraction of sp³-hybridized carbons (Fsp3) is 0.250. The first-order valence-corrected chi connectivity index (χ1v) is 11.7. The van der Waals surface area contributed by atoms with Gasteiger partial charge in [0, 0.05) is 12.5 Å². The number of ether oxygens (including phenoxy) is 1. The molecule has 0 radical (unpaired) electrons. The standard InChI is InChI=1S/C28H28N2O5/c1-2-25(26(31)29-16-15-18-9-3-4-10-19(18)27(32)33)30-28(34)35-17-24-22-13-7-5-11-20(22)21-12-6-8-14-23(21)24/h3-14,24-25H,2,15-17H2,1H3,(H,29,31)(H,30,34)(H,32,33)/t25-/m1/s1. The van der Waals surface area contributed by atoms with Gasteiger partial charge in [0.2, 0.25) is 5.91 Å². The summed E-state index contributed by atoms with van der Waals surface area (Å²) < 4.78 is 5.54. The van der Waals surface area contributed by atoms with Crippen molar-refractivity contribution in [3.05, 3.63) is 95.1 Å². The van der Waals surface area contributed by atoms with E-state index in [-0.39, 0.29) is 30.5 Å². The van der Waals surface area contributed by atoms with Crippen LogP contribution in [-0.2, 0) is 16.0 Å². The van der Waals surface area contributed by atoms with Gasteiger partial charge in [0.1, 0.15) is 12.6 Å². The van der Waals surface area contributed by atoms with Crippen LogP contribution in [0.5, 0.6) is 0 Å². The molecule has 1 aliphatic carbocycles. The zero-order chi connectivity index (χ0) is 24.8. The average molecular weight is 473 g/mol. The lowest BCUT2D eigenvalue weighted by molar-refractivity contribution is -0.123. The lowest BCUT2D eigenvalue weighted by atomic mass is 9.98. The molecule has 0 aromatic heterocycles. The molecule has 3 aromatic rings. The summed E-state index contributed by atoms with van der Waals surface area (Å²) in [4.78, 5) is 36.5. The van der Waals surface area contributed by atoms with Gasteiger partial charge in [0.05, 0.1) is 5.56 Å². The van der Waals surface area contributed by atoms with Gasteiger partial charge >= 0.3 is 12.1 Å². The van der Waals surface area contributed by atoms with Gasteiger partial charge in [-0.1, -0.05) is 73.7 Å². The Bertz CT molecular complexity index is 1190. The maximum Gasteiger partial charge on any atom is 0.407 e. The highest BCUT2D eigenvalue weighted by atomic mass is 16.5. The minimum absolute atomic E-state index is 0.0589. The molecule has 3 N–H and O–H groups in total. The topological polar surface area (TPSA) is 105 Å². The van der Waals surface area contributed by atoms with Crippen LogP contribution in [0.3, 0.4) is 0 Å². The van der Waals surface area contributed by atoms with Crippen LogP contribution in [0.4, 0.5) is 4.79 Å². The molecule has 0 aliphatic heterocycles. The number of benzene rings is 3. The van der Waals surface area contributed by atoms with Crippen LogP contribution in [-0.4, -0.2) is 42.3 Å². The summed E-state index contributed by atoms with van der Waals surface area (Å²) in [6.07, 6.45) is 0.113. The van der Waals surface area contributed by atoms with Crippen molar-refractivity contribution < 1.29 is 24.2 Å². The largest absolute Gasteiger partial charge is 0.478 e. The molecule has 3 aromatic carbocycles. The number of carbonyl (C=O) groups excluding carboxylic acids is 2. The molecular formula is C28H28N2O5. The number of carbonyl (C=O) groups is 3. The van der Waals surface area contributed by atoms with E-state index in [1.165, 1.54) is 6.07 Å².